The van der Waals surface area contributed by atoms with Crippen LogP contribution in [0.5, 0.6) is 0 Å². The lowest BCUT2D eigenvalue weighted by Crippen LogP contribution is -2.40. The maximum atomic E-state index is 11.2. The molecule has 0 bridgehead atoms. The van der Waals surface area contributed by atoms with Crippen molar-refractivity contribution in [1.82, 2.24) is 10.2 Å². The summed E-state index contributed by atoms with van der Waals surface area (Å²) in [5.41, 5.74) is 11.3. The molecule has 1 unspecified atom stereocenters. The van der Waals surface area contributed by atoms with Gasteiger partial charge in [-0.3, -0.25) is 4.79 Å². The van der Waals surface area contributed by atoms with E-state index in [-0.39, 0.29) is 11.7 Å². The SMILES string of the molecule is CC/C=C/C=C/C(C)N1C=CNC(C(N)=O)=C1N. The third-order valence-corrected chi connectivity index (χ3v) is 2.55. The van der Waals surface area contributed by atoms with Crippen LogP contribution in [0.2, 0.25) is 0 Å². The Labute approximate surface area is 108 Å². The van der Waals surface area contributed by atoms with E-state index in [9.17, 15) is 4.79 Å². The lowest BCUT2D eigenvalue weighted by atomic mass is 10.2. The van der Waals surface area contributed by atoms with E-state index < -0.39 is 5.91 Å². The summed E-state index contributed by atoms with van der Waals surface area (Å²) in [5.74, 6) is -0.231. The van der Waals surface area contributed by atoms with Gasteiger partial charge in [-0.15, -0.1) is 0 Å². The van der Waals surface area contributed by atoms with Gasteiger partial charge in [-0.05, 0) is 13.3 Å². The van der Waals surface area contributed by atoms with Gasteiger partial charge in [0, 0.05) is 12.4 Å². The van der Waals surface area contributed by atoms with Crippen LogP contribution >= 0.6 is 0 Å². The molecule has 18 heavy (non-hydrogen) atoms. The Kier molecular flexibility index (Phi) is 5.05. The van der Waals surface area contributed by atoms with Crippen molar-refractivity contribution >= 4 is 5.91 Å². The van der Waals surface area contributed by atoms with Crippen LogP contribution in [0, 0.1) is 0 Å². The van der Waals surface area contributed by atoms with Crippen molar-refractivity contribution in [3.8, 4) is 0 Å². The lowest BCUT2D eigenvalue weighted by molar-refractivity contribution is -0.115. The van der Waals surface area contributed by atoms with Crippen LogP contribution in [0.4, 0.5) is 0 Å². The Morgan fingerprint density at radius 2 is 2.28 bits per heavy atom. The molecule has 1 atom stereocenters. The molecule has 0 aromatic heterocycles. The maximum absolute atomic E-state index is 11.2. The Hall–Kier alpha value is -2.17. The average molecular weight is 248 g/mol. The second-order valence-corrected chi connectivity index (χ2v) is 3.95. The number of hydrogen-bond acceptors (Lipinski definition) is 4. The molecule has 0 aromatic carbocycles. The molecule has 0 radical (unpaired) electrons. The van der Waals surface area contributed by atoms with E-state index in [0.29, 0.717) is 5.82 Å². The second-order valence-electron chi connectivity index (χ2n) is 3.95. The minimum atomic E-state index is -0.566. The largest absolute Gasteiger partial charge is 0.383 e. The molecule has 1 heterocycles. The van der Waals surface area contributed by atoms with Crippen LogP contribution in [0.25, 0.3) is 0 Å². The molecule has 0 saturated heterocycles. The highest BCUT2D eigenvalue weighted by Crippen LogP contribution is 2.13. The second kappa shape index (κ2) is 6.54. The summed E-state index contributed by atoms with van der Waals surface area (Å²) in [7, 11) is 0. The zero-order valence-corrected chi connectivity index (χ0v) is 10.8. The van der Waals surface area contributed by atoms with Gasteiger partial charge in [-0.1, -0.05) is 31.2 Å². The van der Waals surface area contributed by atoms with Crippen LogP contribution in [-0.4, -0.2) is 16.8 Å². The highest BCUT2D eigenvalue weighted by molar-refractivity contribution is 5.92. The van der Waals surface area contributed by atoms with E-state index in [2.05, 4.69) is 18.3 Å². The highest BCUT2D eigenvalue weighted by atomic mass is 16.1. The van der Waals surface area contributed by atoms with Crippen molar-refractivity contribution in [1.29, 1.82) is 0 Å². The Morgan fingerprint density at radius 3 is 2.89 bits per heavy atom. The van der Waals surface area contributed by atoms with E-state index >= 15 is 0 Å². The van der Waals surface area contributed by atoms with Crippen LogP contribution in [-0.2, 0) is 4.79 Å². The molecule has 5 N–H and O–H groups in total. The first-order valence-electron chi connectivity index (χ1n) is 5.92. The van der Waals surface area contributed by atoms with Crippen LogP contribution in [0.3, 0.4) is 0 Å². The fourth-order valence-corrected chi connectivity index (χ4v) is 1.57. The number of hydrogen-bond donors (Lipinski definition) is 3. The van der Waals surface area contributed by atoms with Gasteiger partial charge in [0.05, 0.1) is 6.04 Å². The zero-order chi connectivity index (χ0) is 13.5. The first-order chi connectivity index (χ1) is 8.57. The fraction of sp³-hybridized carbons (Fsp3) is 0.308. The molecule has 0 spiro atoms. The predicted molar refractivity (Wildman–Crippen MR) is 72.6 cm³/mol. The lowest BCUT2D eigenvalue weighted by Gasteiger charge is -2.29. The van der Waals surface area contributed by atoms with Crippen molar-refractivity contribution < 1.29 is 4.79 Å². The molecule has 98 valence electrons. The minimum Gasteiger partial charge on any atom is -0.383 e. The predicted octanol–water partition coefficient (Wildman–Crippen LogP) is 0.887. The Bertz CT molecular complexity index is 421. The van der Waals surface area contributed by atoms with Crippen molar-refractivity contribution in [3.05, 3.63) is 48.2 Å². The third kappa shape index (κ3) is 3.41. The quantitative estimate of drug-likeness (QED) is 0.631. The smallest absolute Gasteiger partial charge is 0.268 e. The summed E-state index contributed by atoms with van der Waals surface area (Å²) in [5, 5.41) is 2.75. The molecular weight excluding hydrogens is 228 g/mol. The van der Waals surface area contributed by atoms with E-state index in [1.807, 2.05) is 25.2 Å². The summed E-state index contributed by atoms with van der Waals surface area (Å²) >= 11 is 0. The number of carbonyl (C=O) groups is 1. The monoisotopic (exact) mass is 248 g/mol. The first kappa shape index (κ1) is 13.9. The topological polar surface area (TPSA) is 84.4 Å². The van der Waals surface area contributed by atoms with Gasteiger partial charge in [0.1, 0.15) is 11.5 Å². The van der Waals surface area contributed by atoms with Crippen molar-refractivity contribution in [3.63, 3.8) is 0 Å². The van der Waals surface area contributed by atoms with E-state index in [1.165, 1.54) is 0 Å². The van der Waals surface area contributed by atoms with Gasteiger partial charge in [0.15, 0.2) is 0 Å². The number of rotatable bonds is 5. The average Bonchev–Trinajstić information content (AvgIpc) is 2.34. The Morgan fingerprint density at radius 1 is 1.56 bits per heavy atom. The van der Waals surface area contributed by atoms with Gasteiger partial charge in [0.2, 0.25) is 0 Å². The number of primary amides is 1. The van der Waals surface area contributed by atoms with Gasteiger partial charge < -0.3 is 21.7 Å². The number of allylic oxidation sites excluding steroid dienone is 3. The first-order valence-corrected chi connectivity index (χ1v) is 5.92. The van der Waals surface area contributed by atoms with E-state index in [1.54, 1.807) is 17.3 Å². The number of nitrogens with one attached hydrogen (secondary N) is 1. The summed E-state index contributed by atoms with van der Waals surface area (Å²) in [6.45, 7) is 4.06. The molecule has 0 fully saturated rings. The summed E-state index contributed by atoms with van der Waals surface area (Å²) in [6, 6.07) is 0.0409. The normalized spacial score (nSPS) is 17.6. The van der Waals surface area contributed by atoms with Crippen LogP contribution < -0.4 is 16.8 Å². The number of carbonyl (C=O) groups excluding carboxylic acids is 1. The van der Waals surface area contributed by atoms with E-state index in [4.69, 9.17) is 11.5 Å². The highest BCUT2D eigenvalue weighted by Gasteiger charge is 2.19. The molecule has 0 aromatic rings. The van der Waals surface area contributed by atoms with Gasteiger partial charge in [0.25, 0.3) is 5.91 Å². The minimum absolute atomic E-state index is 0.0409. The molecule has 0 aliphatic carbocycles. The Balaban J connectivity index is 2.79. The summed E-state index contributed by atoms with van der Waals surface area (Å²) in [6.07, 6.45) is 12.4. The standard InChI is InChI=1S/C13H20N4O/c1-3-4-5-6-7-10(2)17-9-8-16-11(12(17)14)13(15)18/h4-10,16H,3,14H2,1-2H3,(H2,15,18)/b5-4+,7-6+. The van der Waals surface area contributed by atoms with Crippen molar-refractivity contribution in [2.45, 2.75) is 26.3 Å². The molecule has 5 nitrogen and oxygen atoms in total. The molecular formula is C13H20N4O. The van der Waals surface area contributed by atoms with E-state index in [0.717, 1.165) is 6.42 Å². The van der Waals surface area contributed by atoms with Gasteiger partial charge in [-0.25, -0.2) is 0 Å². The molecule has 1 amide bonds. The van der Waals surface area contributed by atoms with Gasteiger partial charge in [-0.2, -0.15) is 0 Å². The fourth-order valence-electron chi connectivity index (χ4n) is 1.57. The van der Waals surface area contributed by atoms with Crippen LogP contribution in [0.15, 0.2) is 48.2 Å². The van der Waals surface area contributed by atoms with Crippen LogP contribution in [0.1, 0.15) is 20.3 Å². The van der Waals surface area contributed by atoms with Crippen molar-refractivity contribution in [2.24, 2.45) is 11.5 Å². The molecule has 1 aliphatic heterocycles. The molecule has 1 rings (SSSR count). The maximum Gasteiger partial charge on any atom is 0.268 e. The zero-order valence-electron chi connectivity index (χ0n) is 10.8. The van der Waals surface area contributed by atoms with Crippen molar-refractivity contribution in [2.75, 3.05) is 0 Å². The summed E-state index contributed by atoms with van der Waals surface area (Å²) < 4.78 is 0. The third-order valence-electron chi connectivity index (χ3n) is 2.55. The number of amides is 1. The molecule has 0 saturated carbocycles. The number of nitrogens with zero attached hydrogens (tertiary/aromatic N) is 1. The van der Waals surface area contributed by atoms with Gasteiger partial charge >= 0.3 is 0 Å². The number of nitrogens with two attached hydrogens (primary N) is 2. The molecule has 5 heteroatoms. The molecule has 1 aliphatic rings. The summed E-state index contributed by atoms with van der Waals surface area (Å²) in [4.78, 5) is 12.9.